The van der Waals surface area contributed by atoms with Crippen LogP contribution in [0.1, 0.15) is 18.9 Å². The molecule has 4 heteroatoms. The van der Waals surface area contributed by atoms with Gasteiger partial charge in [-0.1, -0.05) is 37.1 Å². The second-order valence-corrected chi connectivity index (χ2v) is 4.57. The lowest BCUT2D eigenvalue weighted by atomic mass is 10.1. The number of pyridine rings is 1. The molecule has 0 aliphatic rings. The molecule has 3 nitrogen and oxygen atoms in total. The first-order valence-corrected chi connectivity index (χ1v) is 6.34. The first-order chi connectivity index (χ1) is 8.67. The fourth-order valence-corrected chi connectivity index (χ4v) is 1.99. The molecule has 1 heterocycles. The van der Waals surface area contributed by atoms with Crippen molar-refractivity contribution < 1.29 is 0 Å². The highest BCUT2D eigenvalue weighted by atomic mass is 35.5. The number of rotatable bonds is 4. The Balaban J connectivity index is 2.13. The van der Waals surface area contributed by atoms with Crippen molar-refractivity contribution in [2.24, 2.45) is 0 Å². The number of hydrogen-bond acceptors (Lipinski definition) is 3. The molecule has 94 valence electrons. The van der Waals surface area contributed by atoms with Crippen LogP contribution in [0.2, 0.25) is 5.15 Å². The van der Waals surface area contributed by atoms with E-state index in [1.165, 1.54) is 5.56 Å². The van der Waals surface area contributed by atoms with Gasteiger partial charge in [-0.05, 0) is 30.2 Å². The van der Waals surface area contributed by atoms with Gasteiger partial charge in [0.05, 0.1) is 0 Å². The minimum Gasteiger partial charge on any atom is -0.399 e. The Bertz CT molecular complexity index is 503. The Kier molecular flexibility index (Phi) is 4.05. The molecule has 18 heavy (non-hydrogen) atoms. The molecular weight excluding hydrogens is 246 g/mol. The Morgan fingerprint density at radius 2 is 1.94 bits per heavy atom. The zero-order valence-corrected chi connectivity index (χ0v) is 11.0. The van der Waals surface area contributed by atoms with Gasteiger partial charge >= 0.3 is 0 Å². The van der Waals surface area contributed by atoms with Crippen LogP contribution >= 0.6 is 11.6 Å². The summed E-state index contributed by atoms with van der Waals surface area (Å²) in [5.74, 6) is 0.656. The van der Waals surface area contributed by atoms with Crippen LogP contribution in [-0.4, -0.2) is 4.98 Å². The minimum absolute atomic E-state index is 0.389. The van der Waals surface area contributed by atoms with Crippen LogP contribution in [-0.2, 0) is 6.42 Å². The Hall–Kier alpha value is -1.74. The van der Waals surface area contributed by atoms with Crippen LogP contribution in [0.4, 0.5) is 17.2 Å². The summed E-state index contributed by atoms with van der Waals surface area (Å²) >= 11 is 5.85. The van der Waals surface area contributed by atoms with E-state index in [4.69, 9.17) is 17.3 Å². The number of nitrogens with two attached hydrogens (primary N) is 1. The topological polar surface area (TPSA) is 50.9 Å². The molecule has 1 aromatic heterocycles. The highest BCUT2D eigenvalue weighted by Gasteiger charge is 2.00. The van der Waals surface area contributed by atoms with Gasteiger partial charge in [-0.25, -0.2) is 4.98 Å². The fraction of sp³-hybridized carbons (Fsp3) is 0.214. The van der Waals surface area contributed by atoms with Crippen molar-refractivity contribution in [3.8, 4) is 0 Å². The van der Waals surface area contributed by atoms with E-state index in [-0.39, 0.29) is 0 Å². The van der Waals surface area contributed by atoms with E-state index in [2.05, 4.69) is 29.4 Å². The molecule has 0 aliphatic heterocycles. The summed E-state index contributed by atoms with van der Waals surface area (Å²) in [5.41, 5.74) is 8.62. The minimum atomic E-state index is 0.389. The van der Waals surface area contributed by atoms with Gasteiger partial charge in [0.2, 0.25) is 0 Å². The number of aryl methyl sites for hydroxylation is 1. The van der Waals surface area contributed by atoms with Gasteiger partial charge in [0.15, 0.2) is 0 Å². The predicted molar refractivity (Wildman–Crippen MR) is 77.4 cm³/mol. The maximum Gasteiger partial charge on any atom is 0.134 e. The number of nitrogen functional groups attached to an aromatic ring is 1. The molecule has 1 aromatic carbocycles. The summed E-state index contributed by atoms with van der Waals surface area (Å²) < 4.78 is 0. The fourth-order valence-electron chi connectivity index (χ4n) is 1.77. The van der Waals surface area contributed by atoms with Crippen molar-refractivity contribution in [3.63, 3.8) is 0 Å². The van der Waals surface area contributed by atoms with Crippen molar-refractivity contribution in [1.29, 1.82) is 0 Å². The first-order valence-electron chi connectivity index (χ1n) is 5.96. The maximum absolute atomic E-state index is 5.85. The molecule has 0 radical (unpaired) electrons. The van der Waals surface area contributed by atoms with Crippen molar-refractivity contribution >= 4 is 28.8 Å². The molecule has 0 unspecified atom stereocenters. The van der Waals surface area contributed by atoms with Gasteiger partial charge in [0, 0.05) is 17.4 Å². The summed E-state index contributed by atoms with van der Waals surface area (Å²) in [6.45, 7) is 2.17. The van der Waals surface area contributed by atoms with Crippen LogP contribution in [0.3, 0.4) is 0 Å². The summed E-state index contributed by atoms with van der Waals surface area (Å²) in [6, 6.07) is 11.7. The van der Waals surface area contributed by atoms with Gasteiger partial charge in [-0.2, -0.15) is 0 Å². The smallest absolute Gasteiger partial charge is 0.134 e. The van der Waals surface area contributed by atoms with Crippen molar-refractivity contribution in [2.45, 2.75) is 19.8 Å². The Labute approximate surface area is 112 Å². The summed E-state index contributed by atoms with van der Waals surface area (Å²) in [7, 11) is 0. The molecule has 0 fully saturated rings. The van der Waals surface area contributed by atoms with E-state index in [0.29, 0.717) is 16.7 Å². The predicted octanol–water partition coefficient (Wildman–Crippen LogP) is 4.01. The lowest BCUT2D eigenvalue weighted by molar-refractivity contribution is 0.922. The molecule has 0 saturated carbocycles. The third-order valence-corrected chi connectivity index (χ3v) is 2.78. The molecule has 3 N–H and O–H groups in total. The zero-order valence-electron chi connectivity index (χ0n) is 10.3. The number of aromatic nitrogens is 1. The second-order valence-electron chi connectivity index (χ2n) is 4.18. The van der Waals surface area contributed by atoms with Crippen LogP contribution in [0.5, 0.6) is 0 Å². The molecule has 0 spiro atoms. The molecule has 2 aromatic rings. The second kappa shape index (κ2) is 5.74. The van der Waals surface area contributed by atoms with Crippen LogP contribution in [0.25, 0.3) is 0 Å². The van der Waals surface area contributed by atoms with E-state index in [1.807, 2.05) is 12.1 Å². The number of hydrogen-bond donors (Lipinski definition) is 2. The molecule has 0 bridgehead atoms. The average Bonchev–Trinajstić information content (AvgIpc) is 2.31. The number of benzene rings is 1. The number of anilines is 3. The maximum atomic E-state index is 5.85. The third-order valence-electron chi connectivity index (χ3n) is 2.58. The van der Waals surface area contributed by atoms with Gasteiger partial charge in [-0.15, -0.1) is 0 Å². The molecule has 2 rings (SSSR count). The van der Waals surface area contributed by atoms with Crippen molar-refractivity contribution in [2.75, 3.05) is 11.1 Å². The Morgan fingerprint density at radius 3 is 2.56 bits per heavy atom. The van der Waals surface area contributed by atoms with E-state index in [0.717, 1.165) is 18.5 Å². The SMILES string of the molecule is CCCc1ccc(Nc2cc(N)cc(Cl)n2)cc1. The number of halogens is 1. The lowest BCUT2D eigenvalue weighted by Gasteiger charge is -2.07. The third kappa shape index (κ3) is 3.37. The van der Waals surface area contributed by atoms with Gasteiger partial charge in [0.25, 0.3) is 0 Å². The average molecular weight is 262 g/mol. The van der Waals surface area contributed by atoms with Gasteiger partial charge in [0.1, 0.15) is 11.0 Å². The number of nitrogens with one attached hydrogen (secondary N) is 1. The molecule has 0 saturated heterocycles. The largest absolute Gasteiger partial charge is 0.399 e. The van der Waals surface area contributed by atoms with Crippen molar-refractivity contribution in [3.05, 3.63) is 47.1 Å². The van der Waals surface area contributed by atoms with E-state index >= 15 is 0 Å². The quantitative estimate of drug-likeness (QED) is 0.818. The van der Waals surface area contributed by atoms with E-state index < -0.39 is 0 Å². The van der Waals surface area contributed by atoms with Crippen LogP contribution in [0, 0.1) is 0 Å². The standard InChI is InChI=1S/C14H16ClN3/c1-2-3-10-4-6-12(7-5-10)17-14-9-11(16)8-13(15)18-14/h4-9H,2-3H2,1H3,(H3,16,17,18). The summed E-state index contributed by atoms with van der Waals surface area (Å²) in [5, 5.41) is 3.57. The van der Waals surface area contributed by atoms with Gasteiger partial charge < -0.3 is 11.1 Å². The van der Waals surface area contributed by atoms with Crippen LogP contribution < -0.4 is 11.1 Å². The lowest BCUT2D eigenvalue weighted by Crippen LogP contribution is -1.96. The molecule has 0 amide bonds. The normalized spacial score (nSPS) is 10.3. The molecule has 0 aliphatic carbocycles. The highest BCUT2D eigenvalue weighted by Crippen LogP contribution is 2.20. The molecular formula is C14H16ClN3. The Morgan fingerprint density at radius 1 is 1.22 bits per heavy atom. The highest BCUT2D eigenvalue weighted by molar-refractivity contribution is 6.29. The monoisotopic (exact) mass is 261 g/mol. The summed E-state index contributed by atoms with van der Waals surface area (Å²) in [4.78, 5) is 4.16. The van der Waals surface area contributed by atoms with Crippen LogP contribution in [0.15, 0.2) is 36.4 Å². The van der Waals surface area contributed by atoms with Crippen molar-refractivity contribution in [1.82, 2.24) is 4.98 Å². The molecule has 0 atom stereocenters. The zero-order chi connectivity index (χ0) is 13.0. The van der Waals surface area contributed by atoms with Gasteiger partial charge in [-0.3, -0.25) is 0 Å². The number of nitrogens with zero attached hydrogens (tertiary/aromatic N) is 1. The summed E-state index contributed by atoms with van der Waals surface area (Å²) in [6.07, 6.45) is 2.25. The first kappa shape index (κ1) is 12.7. The van der Waals surface area contributed by atoms with E-state index in [1.54, 1.807) is 12.1 Å². The van der Waals surface area contributed by atoms with E-state index in [9.17, 15) is 0 Å².